The first-order valence-electron chi connectivity index (χ1n) is 7.97. The van der Waals surface area contributed by atoms with E-state index in [1.54, 1.807) is 12.1 Å². The molecule has 0 bridgehead atoms. The predicted octanol–water partition coefficient (Wildman–Crippen LogP) is 4.57. The summed E-state index contributed by atoms with van der Waals surface area (Å²) in [5.41, 5.74) is 1.33. The zero-order valence-electron chi connectivity index (χ0n) is 14.0. The summed E-state index contributed by atoms with van der Waals surface area (Å²) in [5, 5.41) is 0. The minimum absolute atomic E-state index is 0.0107. The maximum atomic E-state index is 12.4. The fraction of sp³-hybridized carbons (Fsp3) is 0.250. The molecule has 0 aliphatic carbocycles. The lowest BCUT2D eigenvalue weighted by molar-refractivity contribution is 0.103. The van der Waals surface area contributed by atoms with Crippen molar-refractivity contribution >= 4 is 21.7 Å². The van der Waals surface area contributed by atoms with Gasteiger partial charge in [-0.1, -0.05) is 35.0 Å². The molecule has 0 radical (unpaired) electrons. The van der Waals surface area contributed by atoms with Crippen LogP contribution in [0.5, 0.6) is 5.75 Å². The Bertz CT molecular complexity index is 678. The van der Waals surface area contributed by atoms with E-state index < -0.39 is 0 Å². The van der Waals surface area contributed by atoms with Gasteiger partial charge in [0.25, 0.3) is 0 Å². The Morgan fingerprint density at radius 3 is 2.21 bits per heavy atom. The van der Waals surface area contributed by atoms with Gasteiger partial charge in [-0.15, -0.1) is 0 Å². The number of carbonyl (C=O) groups is 1. The fourth-order valence-electron chi connectivity index (χ4n) is 2.07. The average Bonchev–Trinajstić information content (AvgIpc) is 2.62. The minimum Gasteiger partial charge on any atom is -0.490 e. The van der Waals surface area contributed by atoms with Gasteiger partial charge >= 0.3 is 0 Å². The first-order chi connectivity index (χ1) is 11.6. The molecule has 2 aromatic carbocycles. The smallest absolute Gasteiger partial charge is 0.193 e. The standard InChI is InChI=1S/C20H22BrNO2/c1-3-22(2)14-4-5-15-24-19-12-8-17(9-13-19)20(23)16-6-10-18(21)11-7-16/h4-13H,3,14-15H2,1-2H3. The van der Waals surface area contributed by atoms with E-state index in [2.05, 4.69) is 40.9 Å². The van der Waals surface area contributed by atoms with Crippen molar-refractivity contribution in [2.24, 2.45) is 0 Å². The van der Waals surface area contributed by atoms with Crippen molar-refractivity contribution in [2.45, 2.75) is 6.92 Å². The second-order valence-electron chi connectivity index (χ2n) is 5.50. The lowest BCUT2D eigenvalue weighted by Crippen LogP contribution is -2.17. The lowest BCUT2D eigenvalue weighted by Gasteiger charge is -2.09. The van der Waals surface area contributed by atoms with Crippen LogP contribution in [0.2, 0.25) is 0 Å². The van der Waals surface area contributed by atoms with Crippen LogP contribution in [0.25, 0.3) is 0 Å². The van der Waals surface area contributed by atoms with Crippen molar-refractivity contribution < 1.29 is 9.53 Å². The summed E-state index contributed by atoms with van der Waals surface area (Å²) >= 11 is 3.37. The molecule has 0 atom stereocenters. The van der Waals surface area contributed by atoms with Crippen molar-refractivity contribution in [3.63, 3.8) is 0 Å². The maximum Gasteiger partial charge on any atom is 0.193 e. The molecule has 0 aliphatic rings. The number of hydrogen-bond donors (Lipinski definition) is 0. The number of halogens is 1. The molecule has 0 saturated carbocycles. The van der Waals surface area contributed by atoms with E-state index in [1.807, 2.05) is 42.5 Å². The van der Waals surface area contributed by atoms with Crippen LogP contribution >= 0.6 is 15.9 Å². The average molecular weight is 388 g/mol. The molecule has 4 heteroatoms. The zero-order valence-corrected chi connectivity index (χ0v) is 15.6. The third kappa shape index (κ3) is 5.62. The van der Waals surface area contributed by atoms with Crippen LogP contribution in [-0.2, 0) is 0 Å². The minimum atomic E-state index is 0.0107. The Balaban J connectivity index is 1.88. The summed E-state index contributed by atoms with van der Waals surface area (Å²) in [6, 6.07) is 14.6. The van der Waals surface area contributed by atoms with Gasteiger partial charge in [0.2, 0.25) is 0 Å². The number of ether oxygens (including phenoxy) is 1. The van der Waals surface area contributed by atoms with Crippen LogP contribution in [0.4, 0.5) is 0 Å². The Kier molecular flexibility index (Phi) is 7.22. The highest BCUT2D eigenvalue weighted by molar-refractivity contribution is 9.10. The highest BCUT2D eigenvalue weighted by atomic mass is 79.9. The molecule has 0 N–H and O–H groups in total. The molecule has 0 fully saturated rings. The maximum absolute atomic E-state index is 12.4. The molecule has 0 aromatic heterocycles. The molecule has 2 aromatic rings. The Morgan fingerprint density at radius 2 is 1.62 bits per heavy atom. The van der Waals surface area contributed by atoms with E-state index in [1.165, 1.54) is 0 Å². The van der Waals surface area contributed by atoms with Gasteiger partial charge in [0.15, 0.2) is 5.78 Å². The highest BCUT2D eigenvalue weighted by Crippen LogP contribution is 2.17. The highest BCUT2D eigenvalue weighted by Gasteiger charge is 2.08. The quantitative estimate of drug-likeness (QED) is 0.490. The molecule has 126 valence electrons. The monoisotopic (exact) mass is 387 g/mol. The van der Waals surface area contributed by atoms with E-state index in [-0.39, 0.29) is 5.78 Å². The van der Waals surface area contributed by atoms with Crippen molar-refractivity contribution in [3.8, 4) is 5.75 Å². The van der Waals surface area contributed by atoms with Gasteiger partial charge in [0.05, 0.1) is 0 Å². The summed E-state index contributed by atoms with van der Waals surface area (Å²) < 4.78 is 6.61. The summed E-state index contributed by atoms with van der Waals surface area (Å²) in [5.74, 6) is 0.771. The van der Waals surface area contributed by atoms with Gasteiger partial charge < -0.3 is 9.64 Å². The van der Waals surface area contributed by atoms with Crippen LogP contribution in [0.1, 0.15) is 22.8 Å². The Hall–Kier alpha value is -1.91. The lowest BCUT2D eigenvalue weighted by atomic mass is 10.0. The van der Waals surface area contributed by atoms with Gasteiger partial charge in [-0.2, -0.15) is 0 Å². The second kappa shape index (κ2) is 9.40. The number of nitrogens with zero attached hydrogens (tertiary/aromatic N) is 1. The van der Waals surface area contributed by atoms with Crippen LogP contribution in [-0.4, -0.2) is 37.4 Å². The molecule has 24 heavy (non-hydrogen) atoms. The van der Waals surface area contributed by atoms with Crippen LogP contribution in [0, 0.1) is 0 Å². The first-order valence-corrected chi connectivity index (χ1v) is 8.76. The van der Waals surface area contributed by atoms with Crippen molar-refractivity contribution in [2.75, 3.05) is 26.7 Å². The third-order valence-electron chi connectivity index (χ3n) is 3.69. The van der Waals surface area contributed by atoms with Crippen LogP contribution in [0.15, 0.2) is 65.2 Å². The summed E-state index contributed by atoms with van der Waals surface area (Å²) in [7, 11) is 2.08. The normalized spacial score (nSPS) is 11.2. The van der Waals surface area contributed by atoms with Crippen LogP contribution in [0.3, 0.4) is 0 Å². The number of likely N-dealkylation sites (N-methyl/N-ethyl adjacent to an activating group) is 1. The number of hydrogen-bond acceptors (Lipinski definition) is 3. The summed E-state index contributed by atoms with van der Waals surface area (Å²) in [6.45, 7) is 4.60. The largest absolute Gasteiger partial charge is 0.490 e. The van der Waals surface area contributed by atoms with E-state index in [9.17, 15) is 4.79 Å². The molecule has 2 rings (SSSR count). The van der Waals surface area contributed by atoms with Gasteiger partial charge in [-0.05, 0) is 62.1 Å². The molecule has 3 nitrogen and oxygen atoms in total. The van der Waals surface area contributed by atoms with Gasteiger partial charge in [-0.25, -0.2) is 0 Å². The number of benzene rings is 2. The van der Waals surface area contributed by atoms with Crippen molar-refractivity contribution in [1.29, 1.82) is 0 Å². The van der Waals surface area contributed by atoms with Crippen molar-refractivity contribution in [3.05, 3.63) is 76.3 Å². The van der Waals surface area contributed by atoms with Gasteiger partial charge in [0, 0.05) is 22.1 Å². The third-order valence-corrected chi connectivity index (χ3v) is 4.22. The molecule has 0 unspecified atom stereocenters. The van der Waals surface area contributed by atoms with E-state index in [0.29, 0.717) is 17.7 Å². The molecule has 0 saturated heterocycles. The van der Waals surface area contributed by atoms with Gasteiger partial charge in [0.1, 0.15) is 12.4 Å². The molecule has 0 amide bonds. The molecule has 0 heterocycles. The molecular weight excluding hydrogens is 366 g/mol. The first kappa shape index (κ1) is 18.4. The number of carbonyl (C=O) groups excluding carboxylic acids is 1. The van der Waals surface area contributed by atoms with E-state index in [4.69, 9.17) is 4.74 Å². The predicted molar refractivity (Wildman–Crippen MR) is 102 cm³/mol. The zero-order chi connectivity index (χ0) is 17.4. The SMILES string of the molecule is CCN(C)CC=CCOc1ccc(C(=O)c2ccc(Br)cc2)cc1. The number of ketones is 1. The molecule has 0 spiro atoms. The van der Waals surface area contributed by atoms with Gasteiger partial charge in [-0.3, -0.25) is 4.79 Å². The summed E-state index contributed by atoms with van der Waals surface area (Å²) in [6.07, 6.45) is 4.10. The summed E-state index contributed by atoms with van der Waals surface area (Å²) in [4.78, 5) is 14.6. The van der Waals surface area contributed by atoms with Crippen molar-refractivity contribution in [1.82, 2.24) is 4.90 Å². The Morgan fingerprint density at radius 1 is 1.04 bits per heavy atom. The van der Waals surface area contributed by atoms with E-state index in [0.717, 1.165) is 23.3 Å². The number of rotatable bonds is 8. The second-order valence-corrected chi connectivity index (χ2v) is 6.41. The topological polar surface area (TPSA) is 29.5 Å². The van der Waals surface area contributed by atoms with Crippen LogP contribution < -0.4 is 4.74 Å². The molecular formula is C20H22BrNO2. The molecule has 0 aliphatic heterocycles. The van der Waals surface area contributed by atoms with E-state index >= 15 is 0 Å². The fourth-order valence-corrected chi connectivity index (χ4v) is 2.33. The Labute approximate surface area is 152 Å².